The van der Waals surface area contributed by atoms with Crippen LogP contribution in [0, 0.1) is 0 Å². The van der Waals surface area contributed by atoms with E-state index in [1.165, 1.54) is 0 Å². The van der Waals surface area contributed by atoms with Crippen LogP contribution >= 0.6 is 0 Å². The van der Waals surface area contributed by atoms with Gasteiger partial charge < -0.3 is 25.4 Å². The number of nitrogens with zero attached hydrogens (tertiary/aromatic N) is 4. The quantitative estimate of drug-likeness (QED) is 0.707. The molecule has 2 heterocycles. The Hall–Kier alpha value is -1.67. The van der Waals surface area contributed by atoms with E-state index >= 15 is 0 Å². The minimum atomic E-state index is -0.200. The number of aliphatic hydroxyl groups is 1. The second kappa shape index (κ2) is 7.55. The molecule has 124 valence electrons. The predicted molar refractivity (Wildman–Crippen MR) is 86.4 cm³/mol. The largest absolute Gasteiger partial charge is 0.394 e. The third-order valence-electron chi connectivity index (χ3n) is 3.08. The van der Waals surface area contributed by atoms with Gasteiger partial charge >= 0.3 is 0 Å². The monoisotopic (exact) mass is 310 g/mol. The van der Waals surface area contributed by atoms with Crippen molar-refractivity contribution < 1.29 is 9.84 Å². The number of rotatable bonds is 6. The van der Waals surface area contributed by atoms with Gasteiger partial charge in [0.25, 0.3) is 0 Å². The minimum Gasteiger partial charge on any atom is -0.394 e. The Kier molecular flexibility index (Phi) is 5.73. The van der Waals surface area contributed by atoms with Crippen molar-refractivity contribution in [1.29, 1.82) is 0 Å². The van der Waals surface area contributed by atoms with Crippen LogP contribution in [0.4, 0.5) is 17.8 Å². The molecular weight excluding hydrogens is 284 g/mol. The smallest absolute Gasteiger partial charge is 0.232 e. The first-order valence-corrected chi connectivity index (χ1v) is 7.74. The van der Waals surface area contributed by atoms with Crippen molar-refractivity contribution in [2.24, 2.45) is 0 Å². The van der Waals surface area contributed by atoms with E-state index in [2.05, 4.69) is 25.6 Å². The van der Waals surface area contributed by atoms with E-state index in [1.807, 2.05) is 32.6 Å². The Morgan fingerprint density at radius 1 is 1.14 bits per heavy atom. The van der Waals surface area contributed by atoms with Crippen LogP contribution in [0.5, 0.6) is 0 Å². The highest BCUT2D eigenvalue weighted by atomic mass is 16.5. The van der Waals surface area contributed by atoms with Gasteiger partial charge in [0.2, 0.25) is 17.8 Å². The topological polar surface area (TPSA) is 95.4 Å². The molecule has 2 rings (SSSR count). The Bertz CT molecular complexity index is 454. The van der Waals surface area contributed by atoms with Crippen molar-refractivity contribution in [3.05, 3.63) is 0 Å². The van der Waals surface area contributed by atoms with Gasteiger partial charge in [-0.1, -0.05) is 0 Å². The predicted octanol–water partition coefficient (Wildman–Crippen LogP) is 0.710. The van der Waals surface area contributed by atoms with Crippen molar-refractivity contribution in [3.8, 4) is 0 Å². The zero-order valence-electron chi connectivity index (χ0n) is 13.7. The maximum Gasteiger partial charge on any atom is 0.232 e. The van der Waals surface area contributed by atoms with Gasteiger partial charge in [0.05, 0.1) is 19.3 Å². The molecule has 0 saturated carbocycles. The van der Waals surface area contributed by atoms with Gasteiger partial charge in [-0.2, -0.15) is 15.0 Å². The number of ether oxygens (including phenoxy) is 1. The zero-order valence-corrected chi connectivity index (χ0v) is 13.7. The van der Waals surface area contributed by atoms with Crippen molar-refractivity contribution in [2.75, 3.05) is 41.8 Å². The van der Waals surface area contributed by atoms with Gasteiger partial charge in [0, 0.05) is 25.2 Å². The highest BCUT2D eigenvalue weighted by molar-refractivity contribution is 5.44. The maximum atomic E-state index is 9.27. The Balaban J connectivity index is 2.24. The lowest BCUT2D eigenvalue weighted by molar-refractivity contribution is 0.00314. The van der Waals surface area contributed by atoms with E-state index in [-0.39, 0.29) is 24.8 Å². The molecule has 22 heavy (non-hydrogen) atoms. The number of hydrogen-bond donors (Lipinski definition) is 3. The molecule has 1 aliphatic heterocycles. The average molecular weight is 310 g/mol. The lowest BCUT2D eigenvalue weighted by atomic mass is 10.3. The molecule has 0 spiro atoms. The van der Waals surface area contributed by atoms with Gasteiger partial charge in [-0.25, -0.2) is 0 Å². The second-order valence-electron chi connectivity index (χ2n) is 6.00. The molecule has 0 amide bonds. The highest BCUT2D eigenvalue weighted by Crippen LogP contribution is 2.17. The summed E-state index contributed by atoms with van der Waals surface area (Å²) in [6, 6.07) is 0.467. The zero-order chi connectivity index (χ0) is 16.1. The number of nitrogens with one attached hydrogen (secondary N) is 2. The molecule has 0 bridgehead atoms. The van der Waals surface area contributed by atoms with Crippen LogP contribution in [0.25, 0.3) is 0 Å². The van der Waals surface area contributed by atoms with Crippen molar-refractivity contribution in [1.82, 2.24) is 15.0 Å². The first-order chi connectivity index (χ1) is 10.5. The molecular formula is C14H26N6O2. The molecule has 0 unspecified atom stereocenters. The van der Waals surface area contributed by atoms with Crippen LogP contribution in [-0.4, -0.2) is 64.5 Å². The molecule has 1 aliphatic rings. The first-order valence-electron chi connectivity index (χ1n) is 7.74. The maximum absolute atomic E-state index is 9.27. The highest BCUT2D eigenvalue weighted by Gasteiger charge is 2.23. The molecule has 8 nitrogen and oxygen atoms in total. The standard InChI is InChI=1S/C14H26N6O2/c1-9(2)15-12-17-13(16-10(3)4)19-14(18-12)20-5-6-22-11(7-20)8-21/h9-11,21H,5-8H2,1-4H3,(H2,15,16,17,18,19)/t11-/m0/s1. The van der Waals surface area contributed by atoms with Crippen LogP contribution in [0.3, 0.4) is 0 Å². The lowest BCUT2D eigenvalue weighted by Gasteiger charge is -2.32. The Morgan fingerprint density at radius 2 is 1.73 bits per heavy atom. The summed E-state index contributed by atoms with van der Waals surface area (Å²) in [6.45, 7) is 9.97. The molecule has 1 fully saturated rings. The van der Waals surface area contributed by atoms with E-state index < -0.39 is 0 Å². The van der Waals surface area contributed by atoms with Crippen LogP contribution in [0.15, 0.2) is 0 Å². The Morgan fingerprint density at radius 3 is 2.23 bits per heavy atom. The van der Waals surface area contributed by atoms with Gasteiger partial charge in [0.15, 0.2) is 0 Å². The molecule has 0 radical (unpaired) electrons. The molecule has 0 aromatic carbocycles. The average Bonchev–Trinajstić information content (AvgIpc) is 2.45. The molecule has 1 aromatic rings. The van der Waals surface area contributed by atoms with Crippen molar-refractivity contribution in [3.63, 3.8) is 0 Å². The van der Waals surface area contributed by atoms with E-state index in [0.717, 1.165) is 0 Å². The number of morpholine rings is 1. The van der Waals surface area contributed by atoms with Crippen LogP contribution in [0.2, 0.25) is 0 Å². The molecule has 8 heteroatoms. The van der Waals surface area contributed by atoms with Crippen LogP contribution in [0.1, 0.15) is 27.7 Å². The fourth-order valence-corrected chi connectivity index (χ4v) is 2.16. The van der Waals surface area contributed by atoms with Gasteiger partial charge in [-0.15, -0.1) is 0 Å². The fraction of sp³-hybridized carbons (Fsp3) is 0.786. The van der Waals surface area contributed by atoms with Crippen LogP contribution < -0.4 is 15.5 Å². The third kappa shape index (κ3) is 4.67. The van der Waals surface area contributed by atoms with E-state index in [0.29, 0.717) is 37.5 Å². The number of anilines is 3. The summed E-state index contributed by atoms with van der Waals surface area (Å²) in [6.07, 6.45) is -0.200. The summed E-state index contributed by atoms with van der Waals surface area (Å²) >= 11 is 0. The van der Waals surface area contributed by atoms with E-state index in [9.17, 15) is 5.11 Å². The molecule has 1 aromatic heterocycles. The summed E-state index contributed by atoms with van der Waals surface area (Å²) in [5.41, 5.74) is 0. The summed E-state index contributed by atoms with van der Waals surface area (Å²) in [5, 5.41) is 15.7. The van der Waals surface area contributed by atoms with Gasteiger partial charge in [-0.05, 0) is 27.7 Å². The fourth-order valence-electron chi connectivity index (χ4n) is 2.16. The van der Waals surface area contributed by atoms with Crippen molar-refractivity contribution in [2.45, 2.75) is 45.9 Å². The molecule has 1 saturated heterocycles. The van der Waals surface area contributed by atoms with Gasteiger partial charge in [0.1, 0.15) is 0 Å². The first kappa shape index (κ1) is 16.7. The van der Waals surface area contributed by atoms with Gasteiger partial charge in [-0.3, -0.25) is 0 Å². The number of hydrogen-bond acceptors (Lipinski definition) is 8. The SMILES string of the molecule is CC(C)Nc1nc(NC(C)C)nc(N2CCO[C@H](CO)C2)n1. The molecule has 1 atom stereocenters. The molecule has 0 aliphatic carbocycles. The second-order valence-corrected chi connectivity index (χ2v) is 6.00. The minimum absolute atomic E-state index is 0.00418. The normalized spacial score (nSPS) is 18.9. The summed E-state index contributed by atoms with van der Waals surface area (Å²) in [7, 11) is 0. The molecule has 3 N–H and O–H groups in total. The summed E-state index contributed by atoms with van der Waals surface area (Å²) in [4.78, 5) is 15.4. The number of aromatic nitrogens is 3. The summed E-state index contributed by atoms with van der Waals surface area (Å²) < 4.78 is 5.47. The number of aliphatic hydroxyl groups excluding tert-OH is 1. The Labute approximate surface area is 131 Å². The summed E-state index contributed by atoms with van der Waals surface area (Å²) in [5.74, 6) is 1.70. The lowest BCUT2D eigenvalue weighted by Crippen LogP contribution is -2.45. The van der Waals surface area contributed by atoms with Crippen LogP contribution in [-0.2, 0) is 4.74 Å². The van der Waals surface area contributed by atoms with E-state index in [4.69, 9.17) is 4.74 Å². The van der Waals surface area contributed by atoms with Crippen molar-refractivity contribution >= 4 is 17.8 Å². The van der Waals surface area contributed by atoms with E-state index in [1.54, 1.807) is 0 Å². The third-order valence-corrected chi connectivity index (χ3v) is 3.08.